The maximum Gasteiger partial charge on any atom is 0.190 e. The third-order valence-electron chi connectivity index (χ3n) is 3.56. The van der Waals surface area contributed by atoms with Gasteiger partial charge in [-0.15, -0.1) is 0 Å². The standard InChI is InChI=1S/C16H14O3/c1-10-8-14-13(6-7-19-9-10)15(17)11-4-2-3-5-12(11)16(14)18/h2-5H,1,6-9H2. The Hall–Kier alpha value is -2.00. The molecule has 2 aliphatic rings. The molecule has 0 radical (unpaired) electrons. The lowest BCUT2D eigenvalue weighted by atomic mass is 9.80. The molecule has 0 unspecified atom stereocenters. The fourth-order valence-corrected chi connectivity index (χ4v) is 2.62. The SMILES string of the molecule is C=C1COCCC2=C(C1)C(=O)c1ccccc1C2=O. The highest BCUT2D eigenvalue weighted by molar-refractivity contribution is 6.27. The van der Waals surface area contributed by atoms with Crippen LogP contribution in [-0.2, 0) is 4.74 Å². The number of Topliss-reactive ketones (excluding diaryl/α,β-unsaturated/α-hetero) is 2. The van der Waals surface area contributed by atoms with E-state index in [-0.39, 0.29) is 11.6 Å². The minimum absolute atomic E-state index is 0.0340. The molecule has 0 saturated carbocycles. The number of fused-ring (bicyclic) bond motifs is 1. The molecular weight excluding hydrogens is 240 g/mol. The summed E-state index contributed by atoms with van der Waals surface area (Å²) < 4.78 is 5.41. The summed E-state index contributed by atoms with van der Waals surface area (Å²) in [6.45, 7) is 4.82. The minimum atomic E-state index is -0.0384. The van der Waals surface area contributed by atoms with Gasteiger partial charge in [0.2, 0.25) is 0 Å². The van der Waals surface area contributed by atoms with Crippen LogP contribution in [0.3, 0.4) is 0 Å². The second-order valence-corrected chi connectivity index (χ2v) is 4.89. The lowest BCUT2D eigenvalue weighted by molar-refractivity contribution is 0.0951. The molecule has 0 bridgehead atoms. The molecule has 19 heavy (non-hydrogen) atoms. The van der Waals surface area contributed by atoms with E-state index in [4.69, 9.17) is 4.74 Å². The van der Waals surface area contributed by atoms with E-state index in [1.165, 1.54) is 0 Å². The number of benzene rings is 1. The van der Waals surface area contributed by atoms with Crippen LogP contribution in [0, 0.1) is 0 Å². The number of carbonyl (C=O) groups excluding carboxylic acids is 2. The van der Waals surface area contributed by atoms with Gasteiger partial charge in [-0.3, -0.25) is 9.59 Å². The maximum atomic E-state index is 12.5. The van der Waals surface area contributed by atoms with Gasteiger partial charge in [0.1, 0.15) is 0 Å². The highest BCUT2D eigenvalue weighted by Gasteiger charge is 2.32. The van der Waals surface area contributed by atoms with Gasteiger partial charge in [0.15, 0.2) is 11.6 Å². The van der Waals surface area contributed by atoms with Crippen LogP contribution in [0.4, 0.5) is 0 Å². The molecule has 1 aromatic rings. The summed E-state index contributed by atoms with van der Waals surface area (Å²) in [6.07, 6.45) is 0.940. The summed E-state index contributed by atoms with van der Waals surface area (Å²) in [6, 6.07) is 7.01. The molecule has 3 heteroatoms. The smallest absolute Gasteiger partial charge is 0.190 e. The minimum Gasteiger partial charge on any atom is -0.377 e. The van der Waals surface area contributed by atoms with Crippen molar-refractivity contribution in [2.24, 2.45) is 0 Å². The van der Waals surface area contributed by atoms with Crippen molar-refractivity contribution < 1.29 is 14.3 Å². The molecule has 3 nitrogen and oxygen atoms in total. The van der Waals surface area contributed by atoms with Crippen LogP contribution in [-0.4, -0.2) is 24.8 Å². The number of ketones is 2. The lowest BCUT2D eigenvalue weighted by Gasteiger charge is -2.23. The van der Waals surface area contributed by atoms with Crippen molar-refractivity contribution in [2.45, 2.75) is 12.8 Å². The van der Waals surface area contributed by atoms with E-state index >= 15 is 0 Å². The van der Waals surface area contributed by atoms with E-state index in [1.54, 1.807) is 24.3 Å². The van der Waals surface area contributed by atoms with E-state index in [1.807, 2.05) is 0 Å². The number of hydrogen-bond acceptors (Lipinski definition) is 3. The fraction of sp³-hybridized carbons (Fsp3) is 0.250. The van der Waals surface area contributed by atoms with Crippen molar-refractivity contribution in [1.82, 2.24) is 0 Å². The summed E-state index contributed by atoms with van der Waals surface area (Å²) in [5, 5.41) is 0. The van der Waals surface area contributed by atoms with Crippen LogP contribution in [0.2, 0.25) is 0 Å². The normalized spacial score (nSPS) is 19.7. The van der Waals surface area contributed by atoms with Gasteiger partial charge in [0.25, 0.3) is 0 Å². The first-order valence-corrected chi connectivity index (χ1v) is 6.33. The first-order valence-electron chi connectivity index (χ1n) is 6.33. The molecule has 0 fully saturated rings. The molecule has 1 aromatic carbocycles. The lowest BCUT2D eigenvalue weighted by Crippen LogP contribution is -2.25. The number of rotatable bonds is 0. The summed E-state index contributed by atoms with van der Waals surface area (Å²) in [5.41, 5.74) is 3.08. The molecule has 1 aliphatic heterocycles. The van der Waals surface area contributed by atoms with Crippen LogP contribution in [0.15, 0.2) is 47.6 Å². The highest BCUT2D eigenvalue weighted by atomic mass is 16.5. The highest BCUT2D eigenvalue weighted by Crippen LogP contribution is 2.32. The quantitative estimate of drug-likeness (QED) is 0.669. The van der Waals surface area contributed by atoms with Crippen molar-refractivity contribution in [3.05, 3.63) is 58.7 Å². The molecule has 1 heterocycles. The van der Waals surface area contributed by atoms with Gasteiger partial charge in [-0.05, 0) is 12.0 Å². The van der Waals surface area contributed by atoms with E-state index in [0.29, 0.717) is 48.3 Å². The summed E-state index contributed by atoms with van der Waals surface area (Å²) in [4.78, 5) is 25.0. The number of allylic oxidation sites excluding steroid dienone is 1. The van der Waals surface area contributed by atoms with E-state index in [9.17, 15) is 9.59 Å². The van der Waals surface area contributed by atoms with Crippen LogP contribution in [0.1, 0.15) is 33.6 Å². The second kappa shape index (κ2) is 4.59. The maximum absolute atomic E-state index is 12.5. The monoisotopic (exact) mass is 254 g/mol. The van der Waals surface area contributed by atoms with E-state index in [0.717, 1.165) is 5.57 Å². The van der Waals surface area contributed by atoms with Crippen LogP contribution < -0.4 is 0 Å². The van der Waals surface area contributed by atoms with Crippen molar-refractivity contribution in [1.29, 1.82) is 0 Å². The molecular formula is C16H14O3. The molecule has 3 rings (SSSR count). The molecule has 96 valence electrons. The zero-order valence-corrected chi connectivity index (χ0v) is 10.6. The predicted octanol–water partition coefficient (Wildman–Crippen LogP) is 2.73. The molecule has 0 amide bonds. The topological polar surface area (TPSA) is 43.4 Å². The Labute approximate surface area is 111 Å². The second-order valence-electron chi connectivity index (χ2n) is 4.89. The zero-order valence-electron chi connectivity index (χ0n) is 10.6. The van der Waals surface area contributed by atoms with E-state index in [2.05, 4.69) is 6.58 Å². The molecule has 1 aliphatic carbocycles. The molecule has 0 saturated heterocycles. The average molecular weight is 254 g/mol. The number of hydrogen-bond donors (Lipinski definition) is 0. The number of ether oxygens (including phenoxy) is 1. The Morgan fingerprint density at radius 1 is 1.00 bits per heavy atom. The average Bonchev–Trinajstić information content (AvgIpc) is 2.40. The first kappa shape index (κ1) is 12.1. The first-order chi connectivity index (χ1) is 9.18. The van der Waals surface area contributed by atoms with Gasteiger partial charge in [-0.25, -0.2) is 0 Å². The largest absolute Gasteiger partial charge is 0.377 e. The van der Waals surface area contributed by atoms with Crippen molar-refractivity contribution >= 4 is 11.6 Å². The van der Waals surface area contributed by atoms with Gasteiger partial charge < -0.3 is 4.74 Å². The van der Waals surface area contributed by atoms with Gasteiger partial charge in [0, 0.05) is 28.7 Å². The molecule has 0 atom stereocenters. The van der Waals surface area contributed by atoms with Crippen molar-refractivity contribution in [2.75, 3.05) is 13.2 Å². The van der Waals surface area contributed by atoms with E-state index < -0.39 is 0 Å². The zero-order chi connectivity index (χ0) is 13.4. The fourth-order valence-electron chi connectivity index (χ4n) is 2.62. The Bertz CT molecular complexity index is 623. The van der Waals surface area contributed by atoms with Gasteiger partial charge in [-0.2, -0.15) is 0 Å². The van der Waals surface area contributed by atoms with Crippen LogP contribution >= 0.6 is 0 Å². The molecule has 0 aromatic heterocycles. The molecule has 0 spiro atoms. The third-order valence-corrected chi connectivity index (χ3v) is 3.56. The van der Waals surface area contributed by atoms with Crippen LogP contribution in [0.5, 0.6) is 0 Å². The van der Waals surface area contributed by atoms with Gasteiger partial charge in [-0.1, -0.05) is 30.8 Å². The Kier molecular flexibility index (Phi) is 2.91. The van der Waals surface area contributed by atoms with Gasteiger partial charge in [0.05, 0.1) is 13.2 Å². The van der Waals surface area contributed by atoms with Crippen LogP contribution in [0.25, 0.3) is 0 Å². The van der Waals surface area contributed by atoms with Gasteiger partial charge >= 0.3 is 0 Å². The summed E-state index contributed by atoms with van der Waals surface area (Å²) in [7, 11) is 0. The van der Waals surface area contributed by atoms with Crippen molar-refractivity contribution in [3.63, 3.8) is 0 Å². The summed E-state index contributed by atoms with van der Waals surface area (Å²) >= 11 is 0. The third kappa shape index (κ3) is 1.96. The Balaban J connectivity index is 2.14. The Morgan fingerprint density at radius 2 is 1.63 bits per heavy atom. The Morgan fingerprint density at radius 3 is 2.32 bits per heavy atom. The molecule has 0 N–H and O–H groups in total. The summed E-state index contributed by atoms with van der Waals surface area (Å²) in [5.74, 6) is -0.0725. The number of carbonyl (C=O) groups is 2. The predicted molar refractivity (Wildman–Crippen MR) is 71.3 cm³/mol. The van der Waals surface area contributed by atoms with Crippen molar-refractivity contribution in [3.8, 4) is 0 Å².